The molecule has 0 saturated carbocycles. The van der Waals surface area contributed by atoms with Crippen LogP contribution < -0.4 is 20.1 Å². The molecule has 0 unspecified atom stereocenters. The fourth-order valence-electron chi connectivity index (χ4n) is 2.65. The van der Waals surface area contributed by atoms with Crippen molar-refractivity contribution in [2.45, 2.75) is 13.5 Å². The molecule has 0 amide bonds. The van der Waals surface area contributed by atoms with Gasteiger partial charge in [-0.05, 0) is 31.2 Å². The number of benzene rings is 1. The first-order chi connectivity index (χ1) is 12.8. The quantitative estimate of drug-likeness (QED) is 0.731. The second kappa shape index (κ2) is 7.26. The van der Waals surface area contributed by atoms with Crippen LogP contribution in [0.2, 0.25) is 0 Å². The lowest BCUT2D eigenvalue weighted by Gasteiger charge is -2.19. The Morgan fingerprint density at radius 3 is 2.73 bits per heavy atom. The van der Waals surface area contributed by atoms with E-state index in [2.05, 4.69) is 25.6 Å². The molecule has 0 radical (unpaired) electrons. The summed E-state index contributed by atoms with van der Waals surface area (Å²) >= 11 is 0. The van der Waals surface area contributed by atoms with E-state index in [-0.39, 0.29) is 0 Å². The standard InChI is InChI=1S/C19H19N5O2/c1-13-10-18(23-14-5-6-16-17(11-14)26-9-8-25-16)24-19(22-13)21-12-15-4-2-3-7-20-15/h2-7,10-11H,8-9,12H2,1H3,(H2,21,22,23,24). The van der Waals surface area contributed by atoms with Gasteiger partial charge in [-0.1, -0.05) is 6.07 Å². The highest BCUT2D eigenvalue weighted by Crippen LogP contribution is 2.33. The predicted octanol–water partition coefficient (Wildman–Crippen LogP) is 3.31. The number of hydrogen-bond donors (Lipinski definition) is 2. The SMILES string of the molecule is Cc1cc(Nc2ccc3c(c2)OCCO3)nc(NCc2ccccn2)n1. The van der Waals surface area contributed by atoms with Gasteiger partial charge in [0.15, 0.2) is 11.5 Å². The molecule has 0 aliphatic carbocycles. The predicted molar refractivity (Wildman–Crippen MR) is 99.0 cm³/mol. The lowest BCUT2D eigenvalue weighted by molar-refractivity contribution is 0.171. The smallest absolute Gasteiger partial charge is 0.225 e. The highest BCUT2D eigenvalue weighted by molar-refractivity contribution is 5.62. The Balaban J connectivity index is 1.49. The van der Waals surface area contributed by atoms with E-state index in [9.17, 15) is 0 Å². The average molecular weight is 349 g/mol. The lowest BCUT2D eigenvalue weighted by atomic mass is 10.2. The molecule has 1 aliphatic heterocycles. The van der Waals surface area contributed by atoms with Gasteiger partial charge in [-0.15, -0.1) is 0 Å². The molecule has 0 fully saturated rings. The molecule has 3 heterocycles. The molecular weight excluding hydrogens is 330 g/mol. The third-order valence-electron chi connectivity index (χ3n) is 3.82. The molecular formula is C19H19N5O2. The topological polar surface area (TPSA) is 81.2 Å². The van der Waals surface area contributed by atoms with Crippen molar-refractivity contribution in [3.8, 4) is 11.5 Å². The second-order valence-electron chi connectivity index (χ2n) is 5.88. The van der Waals surface area contributed by atoms with Crippen molar-refractivity contribution >= 4 is 17.5 Å². The summed E-state index contributed by atoms with van der Waals surface area (Å²) in [5.74, 6) is 2.76. The van der Waals surface area contributed by atoms with Crippen molar-refractivity contribution in [2.75, 3.05) is 23.8 Å². The number of aryl methyl sites for hydroxylation is 1. The van der Waals surface area contributed by atoms with E-state index in [0.717, 1.165) is 28.6 Å². The van der Waals surface area contributed by atoms with Crippen molar-refractivity contribution < 1.29 is 9.47 Å². The van der Waals surface area contributed by atoms with Gasteiger partial charge in [0.25, 0.3) is 0 Å². The first-order valence-electron chi connectivity index (χ1n) is 8.42. The molecule has 7 heteroatoms. The molecule has 0 saturated heterocycles. The minimum absolute atomic E-state index is 0.552. The molecule has 7 nitrogen and oxygen atoms in total. The van der Waals surface area contributed by atoms with Crippen LogP contribution in [-0.4, -0.2) is 28.2 Å². The van der Waals surface area contributed by atoms with E-state index in [1.807, 2.05) is 49.4 Å². The Labute approximate surface area is 151 Å². The summed E-state index contributed by atoms with van der Waals surface area (Å²) in [6.07, 6.45) is 1.77. The van der Waals surface area contributed by atoms with Crippen LogP contribution >= 0.6 is 0 Å². The third-order valence-corrected chi connectivity index (χ3v) is 3.82. The Bertz CT molecular complexity index is 902. The van der Waals surface area contributed by atoms with E-state index in [4.69, 9.17) is 9.47 Å². The zero-order valence-corrected chi connectivity index (χ0v) is 14.4. The molecule has 0 atom stereocenters. The van der Waals surface area contributed by atoms with Gasteiger partial charge in [0.2, 0.25) is 5.95 Å². The van der Waals surface area contributed by atoms with Crippen molar-refractivity contribution in [2.24, 2.45) is 0 Å². The van der Waals surface area contributed by atoms with Gasteiger partial charge in [-0.2, -0.15) is 4.98 Å². The molecule has 4 rings (SSSR count). The minimum Gasteiger partial charge on any atom is -0.486 e. The highest BCUT2D eigenvalue weighted by Gasteiger charge is 2.12. The highest BCUT2D eigenvalue weighted by atomic mass is 16.6. The van der Waals surface area contributed by atoms with Crippen LogP contribution in [0.15, 0.2) is 48.7 Å². The summed E-state index contributed by atoms with van der Waals surface area (Å²) in [7, 11) is 0. The molecule has 1 aliphatic rings. The first-order valence-corrected chi connectivity index (χ1v) is 8.42. The summed E-state index contributed by atoms with van der Waals surface area (Å²) in [6, 6.07) is 13.4. The van der Waals surface area contributed by atoms with E-state index >= 15 is 0 Å². The molecule has 26 heavy (non-hydrogen) atoms. The van der Waals surface area contributed by atoms with Crippen molar-refractivity contribution in [3.05, 3.63) is 60.0 Å². The fraction of sp³-hybridized carbons (Fsp3) is 0.211. The van der Waals surface area contributed by atoms with Crippen LogP contribution in [0.1, 0.15) is 11.4 Å². The van der Waals surface area contributed by atoms with E-state index < -0.39 is 0 Å². The van der Waals surface area contributed by atoms with Crippen molar-refractivity contribution in [1.82, 2.24) is 15.0 Å². The van der Waals surface area contributed by atoms with Gasteiger partial charge in [-0.3, -0.25) is 4.98 Å². The van der Waals surface area contributed by atoms with Gasteiger partial charge < -0.3 is 20.1 Å². The van der Waals surface area contributed by atoms with Gasteiger partial charge in [0, 0.05) is 29.7 Å². The zero-order valence-electron chi connectivity index (χ0n) is 14.4. The van der Waals surface area contributed by atoms with Crippen molar-refractivity contribution in [1.29, 1.82) is 0 Å². The summed E-state index contributed by atoms with van der Waals surface area (Å²) < 4.78 is 11.2. The zero-order chi connectivity index (χ0) is 17.8. The van der Waals surface area contributed by atoms with Crippen molar-refractivity contribution in [3.63, 3.8) is 0 Å². The summed E-state index contributed by atoms with van der Waals surface area (Å²) in [4.78, 5) is 13.2. The number of fused-ring (bicyclic) bond motifs is 1. The molecule has 1 aromatic carbocycles. The molecule has 0 bridgehead atoms. The number of ether oxygens (including phenoxy) is 2. The lowest BCUT2D eigenvalue weighted by Crippen LogP contribution is -2.15. The number of nitrogens with one attached hydrogen (secondary N) is 2. The number of nitrogens with zero attached hydrogens (tertiary/aromatic N) is 3. The van der Waals surface area contributed by atoms with Gasteiger partial charge in [0.05, 0.1) is 12.2 Å². The number of rotatable bonds is 5. The molecule has 0 spiro atoms. The van der Waals surface area contributed by atoms with Gasteiger partial charge >= 0.3 is 0 Å². The Morgan fingerprint density at radius 2 is 1.88 bits per heavy atom. The maximum Gasteiger partial charge on any atom is 0.225 e. The van der Waals surface area contributed by atoms with Crippen LogP contribution in [0.5, 0.6) is 11.5 Å². The van der Waals surface area contributed by atoms with E-state index in [1.54, 1.807) is 6.20 Å². The second-order valence-corrected chi connectivity index (χ2v) is 5.88. The molecule has 3 aromatic rings. The monoisotopic (exact) mass is 349 g/mol. The van der Waals surface area contributed by atoms with Gasteiger partial charge in [0.1, 0.15) is 19.0 Å². The number of aromatic nitrogens is 3. The number of pyridine rings is 1. The number of anilines is 3. The van der Waals surface area contributed by atoms with Crippen LogP contribution in [0.3, 0.4) is 0 Å². The maximum absolute atomic E-state index is 5.62. The van der Waals surface area contributed by atoms with E-state index in [0.29, 0.717) is 31.5 Å². The Hall–Kier alpha value is -3.35. The summed E-state index contributed by atoms with van der Waals surface area (Å²) in [5, 5.41) is 6.50. The molecule has 132 valence electrons. The average Bonchev–Trinajstić information content (AvgIpc) is 2.67. The summed E-state index contributed by atoms with van der Waals surface area (Å²) in [5.41, 5.74) is 2.67. The first kappa shape index (κ1) is 16.1. The summed E-state index contributed by atoms with van der Waals surface area (Å²) in [6.45, 7) is 3.64. The van der Waals surface area contributed by atoms with Crippen LogP contribution in [0.25, 0.3) is 0 Å². The molecule has 2 N–H and O–H groups in total. The normalized spacial score (nSPS) is 12.5. The Morgan fingerprint density at radius 1 is 1.00 bits per heavy atom. The fourth-order valence-corrected chi connectivity index (χ4v) is 2.65. The molecule has 2 aromatic heterocycles. The van der Waals surface area contributed by atoms with Crippen LogP contribution in [0, 0.1) is 6.92 Å². The Kier molecular flexibility index (Phi) is 4.51. The maximum atomic E-state index is 5.62. The van der Waals surface area contributed by atoms with Gasteiger partial charge in [-0.25, -0.2) is 4.98 Å². The van der Waals surface area contributed by atoms with E-state index in [1.165, 1.54) is 0 Å². The van der Waals surface area contributed by atoms with Crippen LogP contribution in [0.4, 0.5) is 17.5 Å². The number of hydrogen-bond acceptors (Lipinski definition) is 7. The minimum atomic E-state index is 0.552. The largest absolute Gasteiger partial charge is 0.486 e. The third kappa shape index (κ3) is 3.83. The van der Waals surface area contributed by atoms with Crippen LogP contribution in [-0.2, 0) is 6.54 Å².